The number of carbonyl (C=O) groups is 2. The number of carbonyl (C=O) groups excluding carboxylic acids is 2. The van der Waals surface area contributed by atoms with Crippen LogP contribution in [0.2, 0.25) is 5.02 Å². The van der Waals surface area contributed by atoms with E-state index < -0.39 is 11.7 Å². The Labute approximate surface area is 230 Å². The summed E-state index contributed by atoms with van der Waals surface area (Å²) in [6.07, 6.45) is 2.96. The van der Waals surface area contributed by atoms with Crippen molar-refractivity contribution in [3.05, 3.63) is 81.7 Å². The fourth-order valence-electron chi connectivity index (χ4n) is 4.40. The summed E-state index contributed by atoms with van der Waals surface area (Å²) in [5.74, 6) is -0.880. The van der Waals surface area contributed by atoms with E-state index in [1.165, 1.54) is 41.4 Å². The number of amides is 1. The third kappa shape index (κ3) is 5.13. The number of allylic oxidation sites excluding steroid dienone is 3. The Morgan fingerprint density at radius 1 is 1.26 bits per heavy atom. The standard InChI is InChI=1S/C25H19ClFN7O2S2/c26-14-6-9-19(30-11-14)31-20(36)12-37-25-33-32-24(38-25)34-17-2-1-3-18(35)22(17)21(16(10-28)23(34)29)13-4-7-15(27)8-5-13/h4-9,11,21H,1-3,12,29H2,(H,30,31,36). The van der Waals surface area contributed by atoms with Gasteiger partial charge in [-0.3, -0.25) is 14.5 Å². The maximum Gasteiger partial charge on any atom is 0.235 e. The van der Waals surface area contributed by atoms with Crippen molar-refractivity contribution in [3.8, 4) is 6.07 Å². The molecule has 3 N–H and O–H groups in total. The molecule has 38 heavy (non-hydrogen) atoms. The highest BCUT2D eigenvalue weighted by Gasteiger charge is 2.41. The van der Waals surface area contributed by atoms with Gasteiger partial charge >= 0.3 is 0 Å². The molecule has 0 radical (unpaired) electrons. The van der Waals surface area contributed by atoms with Crippen molar-refractivity contribution in [1.82, 2.24) is 15.2 Å². The highest BCUT2D eigenvalue weighted by atomic mass is 35.5. The number of hydrogen-bond donors (Lipinski definition) is 2. The fourth-order valence-corrected chi connectivity index (χ4v) is 6.19. The molecule has 1 unspecified atom stereocenters. The summed E-state index contributed by atoms with van der Waals surface area (Å²) < 4.78 is 14.1. The monoisotopic (exact) mass is 567 g/mol. The predicted octanol–water partition coefficient (Wildman–Crippen LogP) is 4.76. The third-order valence-corrected chi connectivity index (χ3v) is 8.29. The lowest BCUT2D eigenvalue weighted by molar-refractivity contribution is -0.116. The van der Waals surface area contributed by atoms with Crippen LogP contribution in [0.5, 0.6) is 0 Å². The Morgan fingerprint density at radius 2 is 2.05 bits per heavy atom. The van der Waals surface area contributed by atoms with Gasteiger partial charge in [0, 0.05) is 23.9 Å². The van der Waals surface area contributed by atoms with Crippen LogP contribution in [0, 0.1) is 17.1 Å². The van der Waals surface area contributed by atoms with Gasteiger partial charge in [0.15, 0.2) is 10.1 Å². The molecule has 192 valence electrons. The summed E-state index contributed by atoms with van der Waals surface area (Å²) in [7, 11) is 0. The molecule has 2 aliphatic rings. The number of ketones is 1. The quantitative estimate of drug-likeness (QED) is 0.404. The number of hydrogen-bond acceptors (Lipinski definition) is 10. The van der Waals surface area contributed by atoms with Crippen LogP contribution in [0.15, 0.2) is 69.6 Å². The minimum absolute atomic E-state index is 0.0623. The van der Waals surface area contributed by atoms with Crippen molar-refractivity contribution in [3.63, 3.8) is 0 Å². The Morgan fingerprint density at radius 3 is 2.76 bits per heavy atom. The van der Waals surface area contributed by atoms with Gasteiger partial charge in [0.05, 0.1) is 28.3 Å². The number of pyridine rings is 1. The van der Waals surface area contributed by atoms with Gasteiger partial charge in [0.2, 0.25) is 11.0 Å². The van der Waals surface area contributed by atoms with Gasteiger partial charge in [0.25, 0.3) is 0 Å². The topological polar surface area (TPSA) is 138 Å². The molecule has 1 aliphatic heterocycles. The van der Waals surface area contributed by atoms with E-state index in [-0.39, 0.29) is 28.8 Å². The maximum absolute atomic E-state index is 13.6. The second kappa shape index (κ2) is 10.9. The molecule has 1 aromatic carbocycles. The average Bonchev–Trinajstić information content (AvgIpc) is 3.37. The van der Waals surface area contributed by atoms with Gasteiger partial charge in [-0.2, -0.15) is 5.26 Å². The fraction of sp³-hybridized carbons (Fsp3) is 0.200. The molecule has 5 rings (SSSR count). The first-order chi connectivity index (χ1) is 18.4. The van der Waals surface area contributed by atoms with E-state index in [1.807, 2.05) is 0 Å². The van der Waals surface area contributed by atoms with Crippen LogP contribution in [-0.4, -0.2) is 32.6 Å². The van der Waals surface area contributed by atoms with Gasteiger partial charge in [-0.1, -0.05) is 46.8 Å². The second-order valence-corrected chi connectivity index (χ2v) is 11.0. The minimum atomic E-state index is -0.688. The number of Topliss-reactive ketones (excluding diaryl/α,β-unsaturated/α-hetero) is 1. The third-order valence-electron chi connectivity index (χ3n) is 6.03. The molecule has 1 atom stereocenters. The van der Waals surface area contributed by atoms with Crippen LogP contribution in [0.1, 0.15) is 30.7 Å². The number of nitrogens with two attached hydrogens (primary N) is 1. The van der Waals surface area contributed by atoms with Gasteiger partial charge in [0.1, 0.15) is 17.5 Å². The summed E-state index contributed by atoms with van der Waals surface area (Å²) in [5, 5.41) is 22.0. The summed E-state index contributed by atoms with van der Waals surface area (Å²) in [4.78, 5) is 31.1. The van der Waals surface area contributed by atoms with Crippen LogP contribution in [0.3, 0.4) is 0 Å². The van der Waals surface area contributed by atoms with Crippen molar-refractivity contribution in [2.24, 2.45) is 5.73 Å². The molecule has 9 nitrogen and oxygen atoms in total. The smallest absolute Gasteiger partial charge is 0.235 e. The number of thioether (sulfide) groups is 1. The number of anilines is 2. The summed E-state index contributed by atoms with van der Waals surface area (Å²) in [6.45, 7) is 0. The molecule has 13 heteroatoms. The molecule has 0 saturated carbocycles. The van der Waals surface area contributed by atoms with Gasteiger partial charge in [-0.05, 0) is 42.7 Å². The van der Waals surface area contributed by atoms with Gasteiger partial charge in [-0.15, -0.1) is 10.2 Å². The largest absolute Gasteiger partial charge is 0.384 e. The van der Waals surface area contributed by atoms with E-state index in [2.05, 4.69) is 26.6 Å². The lowest BCUT2D eigenvalue weighted by Gasteiger charge is -2.38. The average molecular weight is 568 g/mol. The zero-order valence-electron chi connectivity index (χ0n) is 19.6. The number of halogens is 2. The first-order valence-electron chi connectivity index (χ1n) is 11.4. The molecule has 0 bridgehead atoms. The zero-order valence-corrected chi connectivity index (χ0v) is 22.0. The molecular formula is C25H19ClFN7O2S2. The van der Waals surface area contributed by atoms with Crippen LogP contribution >= 0.6 is 34.7 Å². The molecule has 2 aromatic heterocycles. The molecule has 0 spiro atoms. The SMILES string of the molecule is N#CC1=C(N)N(c2nnc(SCC(=O)Nc3ccc(Cl)cn3)s2)C2=C(C(=O)CCC2)C1c1ccc(F)cc1. The van der Waals surface area contributed by atoms with Gasteiger partial charge < -0.3 is 11.1 Å². The molecule has 0 fully saturated rings. The van der Waals surface area contributed by atoms with E-state index >= 15 is 0 Å². The lowest BCUT2D eigenvalue weighted by atomic mass is 9.76. The Hall–Kier alpha value is -3.79. The number of aromatic nitrogens is 3. The number of nitrogens with one attached hydrogen (secondary N) is 1. The lowest BCUT2D eigenvalue weighted by Crippen LogP contribution is -2.38. The highest BCUT2D eigenvalue weighted by Crippen LogP contribution is 2.47. The molecule has 1 aliphatic carbocycles. The number of benzene rings is 1. The number of rotatable bonds is 6. The normalized spacial score (nSPS) is 17.3. The molecule has 3 aromatic rings. The molecule has 3 heterocycles. The van der Waals surface area contributed by atoms with Gasteiger partial charge in [-0.25, -0.2) is 9.37 Å². The van der Waals surface area contributed by atoms with E-state index in [9.17, 15) is 19.2 Å². The van der Waals surface area contributed by atoms with Crippen molar-refractivity contribution in [2.45, 2.75) is 29.5 Å². The highest BCUT2D eigenvalue weighted by molar-refractivity contribution is 8.01. The van der Waals surface area contributed by atoms with E-state index in [0.29, 0.717) is 56.4 Å². The van der Waals surface area contributed by atoms with Crippen LogP contribution in [-0.2, 0) is 9.59 Å². The Kier molecular flexibility index (Phi) is 7.42. The summed E-state index contributed by atoms with van der Waals surface area (Å²) in [5.41, 5.74) is 8.44. The molecule has 0 saturated heterocycles. The van der Waals surface area contributed by atoms with E-state index in [0.717, 1.165) is 0 Å². The van der Waals surface area contributed by atoms with Crippen LogP contribution < -0.4 is 16.0 Å². The molecular weight excluding hydrogens is 549 g/mol. The number of nitrogens with zero attached hydrogens (tertiary/aromatic N) is 5. The zero-order chi connectivity index (χ0) is 26.8. The van der Waals surface area contributed by atoms with E-state index in [4.69, 9.17) is 17.3 Å². The number of nitriles is 1. The minimum Gasteiger partial charge on any atom is -0.384 e. The van der Waals surface area contributed by atoms with Crippen LogP contribution in [0.25, 0.3) is 0 Å². The molecule has 1 amide bonds. The first-order valence-corrected chi connectivity index (χ1v) is 13.6. The first kappa shape index (κ1) is 25.8. The Balaban J connectivity index is 1.41. The van der Waals surface area contributed by atoms with Crippen LogP contribution in [0.4, 0.5) is 15.3 Å². The summed E-state index contributed by atoms with van der Waals surface area (Å²) >= 11 is 8.20. The Bertz CT molecular complexity index is 1510. The second-order valence-electron chi connectivity index (χ2n) is 8.42. The van der Waals surface area contributed by atoms with Crippen molar-refractivity contribution in [2.75, 3.05) is 16.0 Å². The van der Waals surface area contributed by atoms with E-state index in [1.54, 1.807) is 29.2 Å². The van der Waals surface area contributed by atoms with Crippen molar-refractivity contribution < 1.29 is 14.0 Å². The van der Waals surface area contributed by atoms with Crippen molar-refractivity contribution in [1.29, 1.82) is 5.26 Å². The summed E-state index contributed by atoms with van der Waals surface area (Å²) in [6, 6.07) is 11.1. The van der Waals surface area contributed by atoms with Crippen molar-refractivity contribution >= 4 is 57.3 Å². The maximum atomic E-state index is 13.6. The predicted molar refractivity (Wildman–Crippen MR) is 143 cm³/mol.